The summed E-state index contributed by atoms with van der Waals surface area (Å²) in [4.78, 5) is 12.7. The summed E-state index contributed by atoms with van der Waals surface area (Å²) in [5.74, 6) is -0.631. The summed E-state index contributed by atoms with van der Waals surface area (Å²) in [7, 11) is -4.14. The molecule has 156 valence electrons. The Morgan fingerprint density at radius 3 is 2.03 bits per heavy atom. The van der Waals surface area contributed by atoms with Crippen LogP contribution < -0.4 is 10.0 Å². The minimum atomic E-state index is -4.14. The van der Waals surface area contributed by atoms with Crippen LogP contribution in [0.25, 0.3) is 0 Å². The van der Waals surface area contributed by atoms with Crippen molar-refractivity contribution in [3.8, 4) is 0 Å². The van der Waals surface area contributed by atoms with Crippen molar-refractivity contribution in [1.29, 1.82) is 0 Å². The lowest BCUT2D eigenvalue weighted by Gasteiger charge is -2.15. The van der Waals surface area contributed by atoms with Crippen LogP contribution >= 0.6 is 58.0 Å². The number of hydrogen-bond donors (Lipinski definition) is 2. The number of carbonyl (C=O) groups is 1. The second kappa shape index (κ2) is 9.22. The van der Waals surface area contributed by atoms with Crippen LogP contribution in [0.5, 0.6) is 0 Å². The molecule has 0 unspecified atom stereocenters. The van der Waals surface area contributed by atoms with Crippen molar-refractivity contribution in [3.05, 3.63) is 85.3 Å². The number of benzene rings is 3. The van der Waals surface area contributed by atoms with Crippen LogP contribution in [-0.4, -0.2) is 14.3 Å². The average molecular weight is 525 g/mol. The van der Waals surface area contributed by atoms with Crippen LogP contribution in [0, 0.1) is 0 Å². The third kappa shape index (κ3) is 5.32. The Kier molecular flexibility index (Phi) is 7.07. The summed E-state index contributed by atoms with van der Waals surface area (Å²) in [6.45, 7) is 0. The highest BCUT2D eigenvalue weighted by Gasteiger charge is 2.23. The van der Waals surface area contributed by atoms with E-state index < -0.39 is 15.9 Å². The fourth-order valence-electron chi connectivity index (χ4n) is 2.43. The monoisotopic (exact) mass is 522 g/mol. The van der Waals surface area contributed by atoms with Crippen molar-refractivity contribution < 1.29 is 13.2 Å². The zero-order chi connectivity index (χ0) is 22.1. The molecule has 0 aliphatic carbocycles. The number of amides is 1. The third-order valence-electron chi connectivity index (χ3n) is 3.84. The Morgan fingerprint density at radius 2 is 1.40 bits per heavy atom. The van der Waals surface area contributed by atoms with Crippen molar-refractivity contribution in [2.24, 2.45) is 0 Å². The second-order valence-corrected chi connectivity index (χ2v) is 9.73. The molecule has 0 aliphatic rings. The standard InChI is InChI=1S/C19H11Cl5N2O3S/c20-10-1-3-12(4-2-10)25-19(27)14-7-11(21)8-17(24)18(14)26-30(28,29)13-5-6-15(22)16(23)9-13/h1-9,26H,(H,25,27). The molecule has 5 nitrogen and oxygen atoms in total. The van der Waals surface area contributed by atoms with Gasteiger partial charge >= 0.3 is 0 Å². The van der Waals surface area contributed by atoms with Gasteiger partial charge < -0.3 is 5.32 Å². The lowest BCUT2D eigenvalue weighted by atomic mass is 10.1. The molecule has 30 heavy (non-hydrogen) atoms. The summed E-state index contributed by atoms with van der Waals surface area (Å²) in [6, 6.07) is 12.8. The van der Waals surface area contributed by atoms with Crippen LogP contribution in [-0.2, 0) is 10.0 Å². The van der Waals surface area contributed by atoms with Crippen molar-refractivity contribution in [2.75, 3.05) is 10.0 Å². The Labute approximate surface area is 197 Å². The van der Waals surface area contributed by atoms with Gasteiger partial charge in [0.05, 0.1) is 31.2 Å². The molecule has 0 bridgehead atoms. The first kappa shape index (κ1) is 23.0. The van der Waals surface area contributed by atoms with E-state index in [0.717, 1.165) is 0 Å². The molecule has 1 amide bonds. The van der Waals surface area contributed by atoms with Gasteiger partial charge in [-0.3, -0.25) is 9.52 Å². The molecular weight excluding hydrogens is 514 g/mol. The van der Waals surface area contributed by atoms with Crippen molar-refractivity contribution in [2.45, 2.75) is 4.90 Å². The maximum absolute atomic E-state index is 12.8. The predicted octanol–water partition coefficient (Wildman–Crippen LogP) is 7.01. The highest BCUT2D eigenvalue weighted by molar-refractivity contribution is 7.92. The molecule has 3 aromatic carbocycles. The third-order valence-corrected chi connectivity index (χ3v) is 6.69. The predicted molar refractivity (Wildman–Crippen MR) is 123 cm³/mol. The van der Waals surface area contributed by atoms with E-state index >= 15 is 0 Å². The SMILES string of the molecule is O=C(Nc1ccc(Cl)cc1)c1cc(Cl)cc(Cl)c1NS(=O)(=O)c1ccc(Cl)c(Cl)c1. The number of carbonyl (C=O) groups excluding carboxylic acids is 1. The molecule has 0 aliphatic heterocycles. The van der Waals surface area contributed by atoms with Gasteiger partial charge in [-0.05, 0) is 54.6 Å². The van der Waals surface area contributed by atoms with Crippen LogP contribution in [0.2, 0.25) is 25.1 Å². The molecule has 0 fully saturated rings. The van der Waals surface area contributed by atoms with Crippen LogP contribution in [0.15, 0.2) is 59.5 Å². The molecular formula is C19H11Cl5N2O3S. The summed E-state index contributed by atoms with van der Waals surface area (Å²) >= 11 is 29.8. The quantitative estimate of drug-likeness (QED) is 0.377. The zero-order valence-electron chi connectivity index (χ0n) is 14.7. The van der Waals surface area contributed by atoms with Gasteiger partial charge in [0.15, 0.2) is 0 Å². The molecule has 3 rings (SSSR count). The van der Waals surface area contributed by atoms with Crippen molar-refractivity contribution >= 4 is 85.3 Å². The molecule has 11 heteroatoms. The first-order chi connectivity index (χ1) is 14.1. The topological polar surface area (TPSA) is 75.3 Å². The van der Waals surface area contributed by atoms with E-state index in [1.165, 1.54) is 30.3 Å². The highest BCUT2D eigenvalue weighted by atomic mass is 35.5. The van der Waals surface area contributed by atoms with Gasteiger partial charge in [-0.15, -0.1) is 0 Å². The number of anilines is 2. The maximum Gasteiger partial charge on any atom is 0.262 e. The molecule has 0 saturated carbocycles. The van der Waals surface area contributed by atoms with Gasteiger partial charge in [0.1, 0.15) is 0 Å². The molecule has 0 heterocycles. The minimum absolute atomic E-state index is 0.0578. The largest absolute Gasteiger partial charge is 0.322 e. The zero-order valence-corrected chi connectivity index (χ0v) is 19.3. The summed E-state index contributed by atoms with van der Waals surface area (Å²) in [5.41, 5.74) is 0.225. The fourth-order valence-corrected chi connectivity index (χ4v) is 4.64. The van der Waals surface area contributed by atoms with Gasteiger partial charge in [-0.2, -0.15) is 0 Å². The van der Waals surface area contributed by atoms with E-state index in [4.69, 9.17) is 58.0 Å². The first-order valence-corrected chi connectivity index (χ1v) is 11.5. The van der Waals surface area contributed by atoms with E-state index in [2.05, 4.69) is 10.0 Å². The van der Waals surface area contributed by atoms with E-state index in [9.17, 15) is 13.2 Å². The lowest BCUT2D eigenvalue weighted by Crippen LogP contribution is -2.19. The molecule has 0 spiro atoms. The minimum Gasteiger partial charge on any atom is -0.322 e. The maximum atomic E-state index is 12.8. The number of sulfonamides is 1. The van der Waals surface area contributed by atoms with Gasteiger partial charge in [-0.25, -0.2) is 8.42 Å². The number of rotatable bonds is 5. The summed E-state index contributed by atoms with van der Waals surface area (Å²) in [5, 5.41) is 3.47. The highest BCUT2D eigenvalue weighted by Crippen LogP contribution is 2.33. The first-order valence-electron chi connectivity index (χ1n) is 8.10. The smallest absolute Gasteiger partial charge is 0.262 e. The Hall–Kier alpha value is -1.67. The summed E-state index contributed by atoms with van der Waals surface area (Å²) < 4.78 is 28.0. The number of halogens is 5. The Balaban J connectivity index is 1.99. The molecule has 3 aromatic rings. The Morgan fingerprint density at radius 1 is 0.733 bits per heavy atom. The number of nitrogens with one attached hydrogen (secondary N) is 2. The lowest BCUT2D eigenvalue weighted by molar-refractivity contribution is 0.102. The second-order valence-electron chi connectivity index (χ2n) is 5.95. The number of hydrogen-bond acceptors (Lipinski definition) is 3. The fraction of sp³-hybridized carbons (Fsp3) is 0. The van der Waals surface area contributed by atoms with Crippen LogP contribution in [0.1, 0.15) is 10.4 Å². The van der Waals surface area contributed by atoms with Crippen molar-refractivity contribution in [1.82, 2.24) is 0 Å². The van der Waals surface area contributed by atoms with Gasteiger partial charge in [0.25, 0.3) is 15.9 Å². The van der Waals surface area contributed by atoms with Crippen LogP contribution in [0.4, 0.5) is 11.4 Å². The van der Waals surface area contributed by atoms with E-state index in [1.54, 1.807) is 24.3 Å². The molecule has 0 aromatic heterocycles. The van der Waals surface area contributed by atoms with E-state index in [1.807, 2.05) is 0 Å². The molecule has 0 saturated heterocycles. The Bertz CT molecular complexity index is 1230. The summed E-state index contributed by atoms with van der Waals surface area (Å²) in [6.07, 6.45) is 0. The van der Waals surface area contributed by atoms with E-state index in [0.29, 0.717) is 10.7 Å². The van der Waals surface area contributed by atoms with Crippen molar-refractivity contribution in [3.63, 3.8) is 0 Å². The normalized spacial score (nSPS) is 11.2. The molecule has 2 N–H and O–H groups in total. The molecule has 0 atom stereocenters. The van der Waals surface area contributed by atoms with Gasteiger partial charge in [-0.1, -0.05) is 58.0 Å². The van der Waals surface area contributed by atoms with Gasteiger partial charge in [0, 0.05) is 15.7 Å². The van der Waals surface area contributed by atoms with Crippen LogP contribution in [0.3, 0.4) is 0 Å². The molecule has 0 radical (unpaired) electrons. The van der Waals surface area contributed by atoms with Gasteiger partial charge in [0.2, 0.25) is 0 Å². The average Bonchev–Trinajstić information content (AvgIpc) is 2.67. The van der Waals surface area contributed by atoms with E-state index in [-0.39, 0.29) is 36.2 Å².